The Balaban J connectivity index is 1.54. The van der Waals surface area contributed by atoms with E-state index in [4.69, 9.17) is 11.6 Å². The zero-order valence-electron chi connectivity index (χ0n) is 17.8. The molecule has 1 aromatic carbocycles. The monoisotopic (exact) mass is 454 g/mol. The Morgan fingerprint density at radius 2 is 2.00 bits per heavy atom. The van der Waals surface area contributed by atoms with Crippen LogP contribution in [-0.4, -0.2) is 38.1 Å². The van der Waals surface area contributed by atoms with Crippen LogP contribution in [0.4, 0.5) is 11.5 Å². The van der Waals surface area contributed by atoms with Crippen molar-refractivity contribution in [2.45, 2.75) is 33.1 Å². The molecule has 3 heterocycles. The summed E-state index contributed by atoms with van der Waals surface area (Å²) >= 11 is 5.93. The molecule has 0 saturated carbocycles. The van der Waals surface area contributed by atoms with Crippen LogP contribution in [0.25, 0.3) is 5.95 Å². The van der Waals surface area contributed by atoms with E-state index in [1.165, 1.54) is 10.7 Å². The van der Waals surface area contributed by atoms with Crippen LogP contribution in [0.3, 0.4) is 0 Å². The van der Waals surface area contributed by atoms with Crippen molar-refractivity contribution in [1.82, 2.24) is 19.7 Å². The highest BCUT2D eigenvalue weighted by atomic mass is 35.5. The smallest absolute Gasteiger partial charge is 0.252 e. The predicted molar refractivity (Wildman–Crippen MR) is 121 cm³/mol. The second-order valence-electron chi connectivity index (χ2n) is 7.76. The number of carbonyl (C=O) groups excluding carboxylic acids is 2. The molecule has 1 aliphatic rings. The number of benzene rings is 1. The van der Waals surface area contributed by atoms with Gasteiger partial charge in [0.15, 0.2) is 0 Å². The van der Waals surface area contributed by atoms with Crippen molar-refractivity contribution < 1.29 is 9.59 Å². The Labute approximate surface area is 189 Å². The maximum Gasteiger partial charge on any atom is 0.252 e. The predicted octanol–water partition coefficient (Wildman–Crippen LogP) is 2.86. The van der Waals surface area contributed by atoms with Crippen LogP contribution in [0.15, 0.2) is 41.2 Å². The standard InChI is InChI=1S/C22H23ClN6O3/c1-3-4-16-11-19(30)26-22(24-16)29-18(9-13(2)27-29)25-21(32)14-10-20(31)28(12-14)17-7-5-15(23)6-8-17/h5-9,11,14H,3-4,10,12H2,1-2H3,(H,25,32)(H,24,26,30). The fourth-order valence-electron chi connectivity index (χ4n) is 3.71. The third kappa shape index (κ3) is 4.57. The maximum absolute atomic E-state index is 13.0. The lowest BCUT2D eigenvalue weighted by molar-refractivity contribution is -0.122. The average Bonchev–Trinajstić information content (AvgIpc) is 3.31. The molecule has 2 aromatic heterocycles. The molecule has 0 aliphatic carbocycles. The van der Waals surface area contributed by atoms with Crippen molar-refractivity contribution in [1.29, 1.82) is 0 Å². The molecule has 1 fully saturated rings. The van der Waals surface area contributed by atoms with Crippen molar-refractivity contribution in [2.24, 2.45) is 5.92 Å². The van der Waals surface area contributed by atoms with Crippen LogP contribution in [0, 0.1) is 12.8 Å². The fourth-order valence-corrected chi connectivity index (χ4v) is 3.84. The zero-order valence-corrected chi connectivity index (χ0v) is 18.5. The van der Waals surface area contributed by atoms with Gasteiger partial charge in [-0.25, -0.2) is 4.98 Å². The molecule has 1 atom stereocenters. The first-order valence-electron chi connectivity index (χ1n) is 10.4. The molecule has 1 saturated heterocycles. The van der Waals surface area contributed by atoms with Crippen LogP contribution in [-0.2, 0) is 16.0 Å². The normalized spacial score (nSPS) is 15.9. The van der Waals surface area contributed by atoms with E-state index >= 15 is 0 Å². The van der Waals surface area contributed by atoms with Gasteiger partial charge in [-0.05, 0) is 37.6 Å². The molecule has 2 amide bonds. The van der Waals surface area contributed by atoms with Gasteiger partial charge in [-0.1, -0.05) is 24.9 Å². The number of halogens is 1. The van der Waals surface area contributed by atoms with Gasteiger partial charge in [0, 0.05) is 41.5 Å². The van der Waals surface area contributed by atoms with Crippen LogP contribution < -0.4 is 15.8 Å². The van der Waals surface area contributed by atoms with Crippen LogP contribution >= 0.6 is 11.6 Å². The molecule has 0 spiro atoms. The van der Waals surface area contributed by atoms with Crippen molar-refractivity contribution in [3.05, 3.63) is 63.2 Å². The molecule has 10 heteroatoms. The third-order valence-electron chi connectivity index (χ3n) is 5.21. The van der Waals surface area contributed by atoms with Crippen LogP contribution in [0.5, 0.6) is 0 Å². The van der Waals surface area contributed by atoms with Crippen molar-refractivity contribution in [3.63, 3.8) is 0 Å². The lowest BCUT2D eigenvalue weighted by atomic mass is 10.1. The molecular weight excluding hydrogens is 432 g/mol. The highest BCUT2D eigenvalue weighted by Gasteiger charge is 2.35. The van der Waals surface area contributed by atoms with E-state index in [0.717, 1.165) is 6.42 Å². The van der Waals surface area contributed by atoms with Gasteiger partial charge in [0.2, 0.25) is 17.8 Å². The lowest BCUT2D eigenvalue weighted by Gasteiger charge is -2.17. The summed E-state index contributed by atoms with van der Waals surface area (Å²) in [6, 6.07) is 10.1. The van der Waals surface area contributed by atoms with E-state index in [-0.39, 0.29) is 36.3 Å². The van der Waals surface area contributed by atoms with Crippen molar-refractivity contribution in [2.75, 3.05) is 16.8 Å². The number of amides is 2. The Morgan fingerprint density at radius 1 is 1.25 bits per heavy atom. The number of H-pyrrole nitrogens is 1. The Bertz CT molecular complexity index is 1220. The molecular formula is C22H23ClN6O3. The van der Waals surface area contributed by atoms with Gasteiger partial charge in [-0.2, -0.15) is 9.78 Å². The first kappa shape index (κ1) is 21.8. The number of anilines is 2. The van der Waals surface area contributed by atoms with Gasteiger partial charge in [0.05, 0.1) is 11.6 Å². The van der Waals surface area contributed by atoms with Crippen molar-refractivity contribution >= 4 is 34.9 Å². The Hall–Kier alpha value is -3.46. The summed E-state index contributed by atoms with van der Waals surface area (Å²) < 4.78 is 1.40. The number of hydrogen-bond acceptors (Lipinski definition) is 5. The second kappa shape index (κ2) is 8.96. The summed E-state index contributed by atoms with van der Waals surface area (Å²) in [6.07, 6.45) is 1.60. The molecule has 9 nitrogen and oxygen atoms in total. The number of carbonyl (C=O) groups is 2. The summed E-state index contributed by atoms with van der Waals surface area (Å²) in [7, 11) is 0. The molecule has 3 aromatic rings. The van der Waals surface area contributed by atoms with E-state index in [1.54, 1.807) is 42.2 Å². The number of rotatable bonds is 6. The molecule has 1 unspecified atom stereocenters. The minimum absolute atomic E-state index is 0.0998. The van der Waals surface area contributed by atoms with E-state index in [2.05, 4.69) is 20.4 Å². The molecule has 166 valence electrons. The number of hydrogen-bond donors (Lipinski definition) is 2. The van der Waals surface area contributed by atoms with E-state index in [1.807, 2.05) is 6.92 Å². The topological polar surface area (TPSA) is 113 Å². The van der Waals surface area contributed by atoms with Gasteiger partial charge in [0.25, 0.3) is 5.56 Å². The second-order valence-corrected chi connectivity index (χ2v) is 8.20. The number of aromatic amines is 1. The molecule has 4 rings (SSSR count). The average molecular weight is 455 g/mol. The van der Waals surface area contributed by atoms with Crippen LogP contribution in [0.2, 0.25) is 5.02 Å². The summed E-state index contributed by atoms with van der Waals surface area (Å²) in [5.74, 6) is -0.352. The van der Waals surface area contributed by atoms with E-state index in [9.17, 15) is 14.4 Å². The Kier molecular flexibility index (Phi) is 6.09. The summed E-state index contributed by atoms with van der Waals surface area (Å²) in [6.45, 7) is 4.05. The van der Waals surface area contributed by atoms with E-state index < -0.39 is 5.92 Å². The molecule has 0 bridgehead atoms. The summed E-state index contributed by atoms with van der Waals surface area (Å²) in [5.41, 5.74) is 1.71. The highest BCUT2D eigenvalue weighted by molar-refractivity contribution is 6.30. The maximum atomic E-state index is 13.0. The third-order valence-corrected chi connectivity index (χ3v) is 5.46. The quantitative estimate of drug-likeness (QED) is 0.594. The minimum Gasteiger partial charge on any atom is -0.312 e. The first-order valence-corrected chi connectivity index (χ1v) is 10.8. The molecule has 0 radical (unpaired) electrons. The number of aromatic nitrogens is 4. The first-order chi connectivity index (χ1) is 15.3. The number of nitrogens with zero attached hydrogens (tertiary/aromatic N) is 4. The lowest BCUT2D eigenvalue weighted by Crippen LogP contribution is -2.28. The SMILES string of the molecule is CCCc1cc(=O)[nH]c(-n2nc(C)cc2NC(=O)C2CC(=O)N(c3ccc(Cl)cc3)C2)n1. The molecule has 1 aliphatic heterocycles. The van der Waals surface area contributed by atoms with Gasteiger partial charge < -0.3 is 10.2 Å². The van der Waals surface area contributed by atoms with Gasteiger partial charge in [-0.3, -0.25) is 19.4 Å². The van der Waals surface area contributed by atoms with E-state index in [0.29, 0.717) is 34.3 Å². The highest BCUT2D eigenvalue weighted by Crippen LogP contribution is 2.27. The Morgan fingerprint density at radius 3 is 2.72 bits per heavy atom. The minimum atomic E-state index is -0.528. The van der Waals surface area contributed by atoms with Gasteiger partial charge in [-0.15, -0.1) is 0 Å². The van der Waals surface area contributed by atoms with Crippen LogP contribution in [0.1, 0.15) is 31.2 Å². The summed E-state index contributed by atoms with van der Waals surface area (Å²) in [4.78, 5) is 46.3. The zero-order chi connectivity index (χ0) is 22.8. The van der Waals surface area contributed by atoms with Crippen molar-refractivity contribution in [3.8, 4) is 5.95 Å². The fraction of sp³-hybridized carbons (Fsp3) is 0.318. The summed E-state index contributed by atoms with van der Waals surface area (Å²) in [5, 5.41) is 7.79. The van der Waals surface area contributed by atoms with Gasteiger partial charge in [0.1, 0.15) is 5.82 Å². The number of nitrogens with one attached hydrogen (secondary N) is 2. The number of aryl methyl sites for hydroxylation is 2. The van der Waals surface area contributed by atoms with Gasteiger partial charge >= 0.3 is 0 Å². The molecule has 32 heavy (non-hydrogen) atoms. The largest absolute Gasteiger partial charge is 0.312 e. The molecule has 2 N–H and O–H groups in total.